The van der Waals surface area contributed by atoms with Crippen LogP contribution >= 0.6 is 24.0 Å². The molecule has 0 aliphatic carbocycles. The van der Waals surface area contributed by atoms with Crippen LogP contribution in [-0.4, -0.2) is 70.1 Å². The molecule has 0 unspecified atom stereocenters. The first-order chi connectivity index (χ1) is 9.81. The lowest BCUT2D eigenvalue weighted by molar-refractivity contribution is -0.00466. The Labute approximate surface area is 131 Å². The topological polar surface area (TPSA) is 46.2 Å². The zero-order chi connectivity index (χ0) is 14.9. The molecule has 0 aromatic rings. The highest BCUT2D eigenvalue weighted by Crippen LogP contribution is 1.98. The molecule has 0 bridgehead atoms. The number of hydrogen-bond acceptors (Lipinski definition) is 7. The minimum absolute atomic E-state index is 0.487. The molecule has 0 rings (SSSR count). The number of ether oxygens (including phenoxy) is 5. The SMILES string of the molecule is CCCOCCOCCOCCOCCOC(=S)SC. The van der Waals surface area contributed by atoms with Crippen LogP contribution in [0.15, 0.2) is 0 Å². The zero-order valence-corrected chi connectivity index (χ0v) is 14.1. The van der Waals surface area contributed by atoms with Crippen molar-refractivity contribution in [3.63, 3.8) is 0 Å². The molecule has 0 amide bonds. The highest BCUT2D eigenvalue weighted by molar-refractivity contribution is 8.22. The van der Waals surface area contributed by atoms with Crippen LogP contribution in [0.1, 0.15) is 13.3 Å². The average Bonchev–Trinajstić information content (AvgIpc) is 2.47. The van der Waals surface area contributed by atoms with Crippen LogP contribution in [0.5, 0.6) is 0 Å². The van der Waals surface area contributed by atoms with Crippen LogP contribution in [-0.2, 0) is 23.7 Å². The molecule has 0 atom stereocenters. The summed E-state index contributed by atoms with van der Waals surface area (Å²) in [6.45, 7) is 7.42. The number of thiocarbonyl (C=S) groups is 1. The van der Waals surface area contributed by atoms with E-state index in [9.17, 15) is 0 Å². The van der Waals surface area contributed by atoms with Crippen molar-refractivity contribution in [3.05, 3.63) is 0 Å². The Hall–Kier alpha value is 0.0800. The van der Waals surface area contributed by atoms with Crippen LogP contribution < -0.4 is 0 Å². The molecule has 0 spiro atoms. The summed E-state index contributed by atoms with van der Waals surface area (Å²) in [6.07, 6.45) is 2.92. The van der Waals surface area contributed by atoms with Crippen LogP contribution in [0.3, 0.4) is 0 Å². The molecular formula is C13H26O5S2. The van der Waals surface area contributed by atoms with Crippen molar-refractivity contribution in [1.29, 1.82) is 0 Å². The molecule has 0 saturated heterocycles. The van der Waals surface area contributed by atoms with Gasteiger partial charge in [-0.15, -0.1) is 0 Å². The Morgan fingerprint density at radius 3 is 1.55 bits per heavy atom. The standard InChI is InChI=1S/C13H26O5S2/c1-3-4-14-5-6-15-7-8-16-9-10-17-11-12-18-13(19)20-2/h3-12H2,1-2H3. The molecule has 20 heavy (non-hydrogen) atoms. The van der Waals surface area contributed by atoms with Crippen molar-refractivity contribution in [1.82, 2.24) is 0 Å². The lowest BCUT2D eigenvalue weighted by atomic mass is 10.5. The molecule has 120 valence electrons. The van der Waals surface area contributed by atoms with E-state index in [1.54, 1.807) is 0 Å². The molecule has 0 aliphatic rings. The van der Waals surface area contributed by atoms with E-state index in [0.717, 1.165) is 13.0 Å². The maximum Gasteiger partial charge on any atom is 0.219 e. The first kappa shape index (κ1) is 20.1. The minimum Gasteiger partial charge on any atom is -0.476 e. The van der Waals surface area contributed by atoms with Gasteiger partial charge >= 0.3 is 0 Å². The monoisotopic (exact) mass is 326 g/mol. The first-order valence-electron chi connectivity index (χ1n) is 6.83. The molecule has 0 aromatic carbocycles. The second-order valence-electron chi connectivity index (χ2n) is 3.75. The van der Waals surface area contributed by atoms with Gasteiger partial charge in [0, 0.05) is 6.61 Å². The fourth-order valence-corrected chi connectivity index (χ4v) is 1.43. The van der Waals surface area contributed by atoms with Crippen molar-refractivity contribution in [2.45, 2.75) is 13.3 Å². The number of rotatable bonds is 14. The Morgan fingerprint density at radius 2 is 1.15 bits per heavy atom. The molecular weight excluding hydrogens is 300 g/mol. The lowest BCUT2D eigenvalue weighted by Gasteiger charge is -2.08. The van der Waals surface area contributed by atoms with Crippen LogP contribution in [0.2, 0.25) is 0 Å². The predicted octanol–water partition coefficient (Wildman–Crippen LogP) is 2.13. The third-order valence-electron chi connectivity index (χ3n) is 2.08. The van der Waals surface area contributed by atoms with Crippen molar-refractivity contribution >= 4 is 28.4 Å². The highest BCUT2D eigenvalue weighted by Gasteiger charge is 1.95. The van der Waals surface area contributed by atoms with Gasteiger partial charge in [0.2, 0.25) is 4.38 Å². The third-order valence-corrected chi connectivity index (χ3v) is 3.15. The van der Waals surface area contributed by atoms with E-state index in [4.69, 9.17) is 35.9 Å². The summed E-state index contributed by atoms with van der Waals surface area (Å²) in [6, 6.07) is 0. The van der Waals surface area contributed by atoms with E-state index in [0.29, 0.717) is 57.2 Å². The molecule has 0 heterocycles. The maximum absolute atomic E-state index is 5.35. The Morgan fingerprint density at radius 1 is 0.750 bits per heavy atom. The van der Waals surface area contributed by atoms with Gasteiger partial charge in [-0.1, -0.05) is 18.7 Å². The molecule has 0 aromatic heterocycles. The molecule has 0 fully saturated rings. The quantitative estimate of drug-likeness (QED) is 0.358. The average molecular weight is 326 g/mol. The van der Waals surface area contributed by atoms with Crippen LogP contribution in [0, 0.1) is 0 Å². The number of thioether (sulfide) groups is 1. The predicted molar refractivity (Wildman–Crippen MR) is 85.6 cm³/mol. The van der Waals surface area contributed by atoms with Gasteiger partial charge in [0.1, 0.15) is 6.61 Å². The Kier molecular flexibility index (Phi) is 17.2. The Bertz CT molecular complexity index is 217. The van der Waals surface area contributed by atoms with Crippen LogP contribution in [0.25, 0.3) is 0 Å². The Balaban J connectivity index is 2.97. The second-order valence-corrected chi connectivity index (χ2v) is 5.16. The minimum atomic E-state index is 0.487. The first-order valence-corrected chi connectivity index (χ1v) is 8.46. The van der Waals surface area contributed by atoms with Crippen molar-refractivity contribution in [2.24, 2.45) is 0 Å². The van der Waals surface area contributed by atoms with Gasteiger partial charge in [-0.2, -0.15) is 0 Å². The summed E-state index contributed by atoms with van der Waals surface area (Å²) in [5.74, 6) is 0. The van der Waals surface area contributed by atoms with E-state index >= 15 is 0 Å². The summed E-state index contributed by atoms with van der Waals surface area (Å²) in [4.78, 5) is 0. The van der Waals surface area contributed by atoms with Gasteiger partial charge in [-0.3, -0.25) is 0 Å². The zero-order valence-electron chi connectivity index (χ0n) is 12.4. The van der Waals surface area contributed by atoms with E-state index in [2.05, 4.69) is 6.92 Å². The second kappa shape index (κ2) is 17.1. The highest BCUT2D eigenvalue weighted by atomic mass is 32.2. The van der Waals surface area contributed by atoms with E-state index < -0.39 is 0 Å². The summed E-state index contributed by atoms with van der Waals surface area (Å²) < 4.78 is 27.0. The van der Waals surface area contributed by atoms with Gasteiger partial charge < -0.3 is 23.7 Å². The fraction of sp³-hybridized carbons (Fsp3) is 0.923. The normalized spacial score (nSPS) is 10.7. The summed E-state index contributed by atoms with van der Waals surface area (Å²) in [5.41, 5.74) is 0. The van der Waals surface area contributed by atoms with Gasteiger partial charge in [0.15, 0.2) is 0 Å². The van der Waals surface area contributed by atoms with E-state index in [1.165, 1.54) is 11.8 Å². The third kappa shape index (κ3) is 16.1. The smallest absolute Gasteiger partial charge is 0.219 e. The van der Waals surface area contributed by atoms with E-state index in [-0.39, 0.29) is 0 Å². The maximum atomic E-state index is 5.35. The van der Waals surface area contributed by atoms with Crippen molar-refractivity contribution in [2.75, 3.05) is 65.7 Å². The molecule has 0 N–H and O–H groups in total. The summed E-state index contributed by atoms with van der Waals surface area (Å²) in [7, 11) is 0. The molecule has 7 heteroatoms. The fourth-order valence-electron chi connectivity index (χ4n) is 1.15. The lowest BCUT2D eigenvalue weighted by Crippen LogP contribution is -2.13. The van der Waals surface area contributed by atoms with Gasteiger partial charge in [-0.25, -0.2) is 0 Å². The van der Waals surface area contributed by atoms with Gasteiger partial charge in [0.05, 0.1) is 46.2 Å². The van der Waals surface area contributed by atoms with Crippen LogP contribution in [0.4, 0.5) is 0 Å². The van der Waals surface area contributed by atoms with Gasteiger partial charge in [-0.05, 0) is 24.9 Å². The molecule has 0 saturated carbocycles. The molecule has 0 aliphatic heterocycles. The van der Waals surface area contributed by atoms with Crippen molar-refractivity contribution in [3.8, 4) is 0 Å². The van der Waals surface area contributed by atoms with Gasteiger partial charge in [0.25, 0.3) is 0 Å². The van der Waals surface area contributed by atoms with E-state index in [1.807, 2.05) is 6.26 Å². The van der Waals surface area contributed by atoms with Crippen molar-refractivity contribution < 1.29 is 23.7 Å². The largest absolute Gasteiger partial charge is 0.476 e. The number of hydrogen-bond donors (Lipinski definition) is 0. The summed E-state index contributed by atoms with van der Waals surface area (Å²) in [5, 5.41) is 0. The molecule has 0 radical (unpaired) electrons. The summed E-state index contributed by atoms with van der Waals surface area (Å²) >= 11 is 6.30. The molecule has 5 nitrogen and oxygen atoms in total.